The Hall–Kier alpha value is -0.830. The molecule has 1 fully saturated rings. The molecule has 0 amide bonds. The van der Waals surface area contributed by atoms with E-state index < -0.39 is 0 Å². The fourth-order valence-corrected chi connectivity index (χ4v) is 2.72. The quantitative estimate of drug-likeness (QED) is 0.718. The first-order chi connectivity index (χ1) is 6.63. The predicted molar refractivity (Wildman–Crippen MR) is 57.0 cm³/mol. The van der Waals surface area contributed by atoms with E-state index >= 15 is 0 Å². The monoisotopic (exact) mass is 193 g/mol. The van der Waals surface area contributed by atoms with E-state index in [1.807, 2.05) is 6.92 Å². The highest BCUT2D eigenvalue weighted by molar-refractivity contribution is 5.31. The van der Waals surface area contributed by atoms with E-state index in [0.717, 1.165) is 24.2 Å². The molecule has 2 rings (SSSR count). The molecule has 1 aromatic rings. The second-order valence-electron chi connectivity index (χ2n) is 4.53. The Morgan fingerprint density at radius 2 is 1.86 bits per heavy atom. The van der Waals surface area contributed by atoms with Crippen molar-refractivity contribution in [3.8, 4) is 0 Å². The van der Waals surface area contributed by atoms with Crippen LogP contribution in [0.4, 0.5) is 0 Å². The van der Waals surface area contributed by atoms with E-state index in [2.05, 4.69) is 17.1 Å². The largest absolute Gasteiger partial charge is 0.321 e. The van der Waals surface area contributed by atoms with E-state index in [9.17, 15) is 0 Å². The van der Waals surface area contributed by atoms with Crippen LogP contribution in [0.5, 0.6) is 0 Å². The molecule has 0 bridgehead atoms. The van der Waals surface area contributed by atoms with Gasteiger partial charge in [-0.25, -0.2) is 0 Å². The summed E-state index contributed by atoms with van der Waals surface area (Å²) in [5.74, 6) is 0. The van der Waals surface area contributed by atoms with Crippen molar-refractivity contribution in [1.82, 2.24) is 10.2 Å². The minimum Gasteiger partial charge on any atom is -0.321 e. The fraction of sp³-hybridized carbons (Fsp3) is 0.727. The molecule has 78 valence electrons. The molecule has 0 saturated heterocycles. The summed E-state index contributed by atoms with van der Waals surface area (Å²) in [6.07, 6.45) is 6.04. The van der Waals surface area contributed by atoms with Crippen molar-refractivity contribution in [3.05, 3.63) is 17.0 Å². The van der Waals surface area contributed by atoms with Gasteiger partial charge in [-0.15, -0.1) is 0 Å². The average molecular weight is 193 g/mol. The van der Waals surface area contributed by atoms with Gasteiger partial charge >= 0.3 is 0 Å². The van der Waals surface area contributed by atoms with Crippen LogP contribution in [-0.2, 0) is 5.54 Å². The molecular weight excluding hydrogens is 174 g/mol. The topological polar surface area (TPSA) is 54.7 Å². The lowest BCUT2D eigenvalue weighted by atomic mass is 9.76. The number of rotatable bonds is 1. The van der Waals surface area contributed by atoms with E-state index in [0.29, 0.717) is 0 Å². The molecule has 3 nitrogen and oxygen atoms in total. The second kappa shape index (κ2) is 3.39. The van der Waals surface area contributed by atoms with E-state index in [4.69, 9.17) is 5.73 Å². The van der Waals surface area contributed by atoms with Gasteiger partial charge in [0.1, 0.15) is 0 Å². The second-order valence-corrected chi connectivity index (χ2v) is 4.53. The average Bonchev–Trinajstić information content (AvgIpc) is 2.48. The zero-order valence-corrected chi connectivity index (χ0v) is 9.06. The number of aromatic amines is 1. The van der Waals surface area contributed by atoms with Gasteiger partial charge in [0.2, 0.25) is 0 Å². The molecule has 1 aliphatic carbocycles. The summed E-state index contributed by atoms with van der Waals surface area (Å²) in [6, 6.07) is 0. The Labute approximate surface area is 85.1 Å². The first-order valence-corrected chi connectivity index (χ1v) is 5.44. The van der Waals surface area contributed by atoms with Gasteiger partial charge in [-0.1, -0.05) is 19.3 Å². The van der Waals surface area contributed by atoms with Gasteiger partial charge in [0.25, 0.3) is 0 Å². The molecule has 1 saturated carbocycles. The van der Waals surface area contributed by atoms with Gasteiger partial charge in [0, 0.05) is 16.8 Å². The molecule has 0 aliphatic heterocycles. The first-order valence-electron chi connectivity index (χ1n) is 5.44. The van der Waals surface area contributed by atoms with Crippen molar-refractivity contribution in [1.29, 1.82) is 0 Å². The highest BCUT2D eigenvalue weighted by Crippen LogP contribution is 2.37. The van der Waals surface area contributed by atoms with Crippen molar-refractivity contribution in [3.63, 3.8) is 0 Å². The number of nitrogens with zero attached hydrogens (tertiary/aromatic N) is 1. The van der Waals surface area contributed by atoms with Gasteiger partial charge < -0.3 is 5.73 Å². The highest BCUT2D eigenvalue weighted by Gasteiger charge is 2.33. The lowest BCUT2D eigenvalue weighted by Crippen LogP contribution is -2.39. The molecule has 0 radical (unpaired) electrons. The van der Waals surface area contributed by atoms with Gasteiger partial charge in [-0.2, -0.15) is 5.10 Å². The van der Waals surface area contributed by atoms with Crippen molar-refractivity contribution in [2.45, 2.75) is 51.5 Å². The Balaban J connectivity index is 2.36. The Morgan fingerprint density at radius 1 is 1.21 bits per heavy atom. The summed E-state index contributed by atoms with van der Waals surface area (Å²) in [5.41, 5.74) is 9.84. The minimum atomic E-state index is -0.112. The van der Waals surface area contributed by atoms with Crippen LogP contribution in [0.15, 0.2) is 0 Å². The number of hydrogen-bond acceptors (Lipinski definition) is 2. The Bertz CT molecular complexity index is 302. The number of H-pyrrole nitrogens is 1. The molecule has 3 N–H and O–H groups in total. The number of nitrogens with one attached hydrogen (secondary N) is 1. The van der Waals surface area contributed by atoms with Gasteiger partial charge in [-0.3, -0.25) is 5.10 Å². The predicted octanol–water partition coefficient (Wildman–Crippen LogP) is 2.14. The Kier molecular flexibility index (Phi) is 2.35. The van der Waals surface area contributed by atoms with Crippen LogP contribution in [0.1, 0.15) is 49.1 Å². The number of aryl methyl sites for hydroxylation is 2. The lowest BCUT2D eigenvalue weighted by Gasteiger charge is -2.34. The summed E-state index contributed by atoms with van der Waals surface area (Å²) < 4.78 is 0. The maximum atomic E-state index is 6.47. The number of hydrogen-bond donors (Lipinski definition) is 2. The smallest absolute Gasteiger partial charge is 0.0644 e. The first kappa shape index (κ1) is 9.71. The van der Waals surface area contributed by atoms with Crippen LogP contribution >= 0.6 is 0 Å². The normalized spacial score (nSPS) is 21.1. The van der Waals surface area contributed by atoms with Crippen molar-refractivity contribution >= 4 is 0 Å². The van der Waals surface area contributed by atoms with E-state index in [-0.39, 0.29) is 5.54 Å². The number of aromatic nitrogens is 2. The molecule has 0 spiro atoms. The van der Waals surface area contributed by atoms with Crippen LogP contribution in [0, 0.1) is 13.8 Å². The van der Waals surface area contributed by atoms with Crippen molar-refractivity contribution in [2.75, 3.05) is 0 Å². The van der Waals surface area contributed by atoms with Crippen molar-refractivity contribution < 1.29 is 0 Å². The summed E-state index contributed by atoms with van der Waals surface area (Å²) in [7, 11) is 0. The van der Waals surface area contributed by atoms with E-state index in [1.165, 1.54) is 24.8 Å². The van der Waals surface area contributed by atoms with Gasteiger partial charge in [-0.05, 0) is 26.7 Å². The molecule has 3 heteroatoms. The molecule has 14 heavy (non-hydrogen) atoms. The highest BCUT2D eigenvalue weighted by atomic mass is 15.1. The lowest BCUT2D eigenvalue weighted by molar-refractivity contribution is 0.300. The molecule has 1 aliphatic rings. The van der Waals surface area contributed by atoms with Crippen LogP contribution < -0.4 is 5.73 Å². The summed E-state index contributed by atoms with van der Waals surface area (Å²) in [4.78, 5) is 0. The molecule has 1 heterocycles. The summed E-state index contributed by atoms with van der Waals surface area (Å²) >= 11 is 0. The fourth-order valence-electron chi connectivity index (χ4n) is 2.72. The van der Waals surface area contributed by atoms with Crippen LogP contribution in [0.3, 0.4) is 0 Å². The molecule has 0 atom stereocenters. The van der Waals surface area contributed by atoms with Gasteiger partial charge in [0.05, 0.1) is 5.69 Å². The third kappa shape index (κ3) is 1.46. The van der Waals surface area contributed by atoms with Gasteiger partial charge in [0.15, 0.2) is 0 Å². The zero-order valence-electron chi connectivity index (χ0n) is 9.06. The Morgan fingerprint density at radius 3 is 2.36 bits per heavy atom. The SMILES string of the molecule is Cc1n[nH]c(C)c1C1(N)CCCCC1. The van der Waals surface area contributed by atoms with E-state index in [1.54, 1.807) is 0 Å². The third-order valence-corrected chi connectivity index (χ3v) is 3.37. The van der Waals surface area contributed by atoms with Crippen molar-refractivity contribution in [2.24, 2.45) is 5.73 Å². The standard InChI is InChI=1S/C11H19N3/c1-8-10(9(2)14-13-8)11(12)6-4-3-5-7-11/h3-7,12H2,1-2H3,(H,13,14). The molecule has 0 aromatic carbocycles. The van der Waals surface area contributed by atoms with Crippen LogP contribution in [-0.4, -0.2) is 10.2 Å². The molecular formula is C11H19N3. The maximum Gasteiger partial charge on any atom is 0.0644 e. The molecule has 1 aromatic heterocycles. The van der Waals surface area contributed by atoms with Crippen LogP contribution in [0.2, 0.25) is 0 Å². The third-order valence-electron chi connectivity index (χ3n) is 3.37. The number of nitrogens with two attached hydrogens (primary N) is 1. The van der Waals surface area contributed by atoms with Crippen LogP contribution in [0.25, 0.3) is 0 Å². The summed E-state index contributed by atoms with van der Waals surface area (Å²) in [5, 5.41) is 7.26. The minimum absolute atomic E-state index is 0.112. The summed E-state index contributed by atoms with van der Waals surface area (Å²) in [6.45, 7) is 4.11. The maximum absolute atomic E-state index is 6.47. The molecule has 0 unspecified atom stereocenters. The zero-order chi connectivity index (χ0) is 10.2.